The average Bonchev–Trinajstić information content (AvgIpc) is 2.64. The SMILES string of the molecule is CC(C)N1CCC2(CC1)CS(=O)c1ccccc12. The molecule has 0 amide bonds. The Kier molecular flexibility index (Phi) is 3.07. The van der Waals surface area contributed by atoms with E-state index in [1.54, 1.807) is 0 Å². The number of likely N-dealkylation sites (tertiary alicyclic amines) is 1. The summed E-state index contributed by atoms with van der Waals surface area (Å²) in [5, 5.41) is 0. The van der Waals surface area contributed by atoms with Crippen LogP contribution in [0.3, 0.4) is 0 Å². The molecule has 1 spiro atoms. The molecule has 3 rings (SSSR count). The molecule has 2 nitrogen and oxygen atoms in total. The van der Waals surface area contributed by atoms with Crippen molar-refractivity contribution in [2.45, 2.75) is 43.0 Å². The van der Waals surface area contributed by atoms with Gasteiger partial charge in [-0.25, -0.2) is 0 Å². The van der Waals surface area contributed by atoms with Gasteiger partial charge in [0.15, 0.2) is 0 Å². The van der Waals surface area contributed by atoms with Crippen LogP contribution in [0, 0.1) is 0 Å². The van der Waals surface area contributed by atoms with Crippen molar-refractivity contribution >= 4 is 10.8 Å². The number of nitrogens with zero attached hydrogens (tertiary/aromatic N) is 1. The highest BCUT2D eigenvalue weighted by atomic mass is 32.2. The van der Waals surface area contributed by atoms with E-state index in [4.69, 9.17) is 0 Å². The monoisotopic (exact) mass is 263 g/mol. The Hall–Kier alpha value is -0.670. The fourth-order valence-corrected chi connectivity index (χ4v) is 5.25. The molecule has 0 aliphatic carbocycles. The van der Waals surface area contributed by atoms with E-state index < -0.39 is 10.8 Å². The van der Waals surface area contributed by atoms with E-state index in [2.05, 4.69) is 36.9 Å². The number of hydrogen-bond acceptors (Lipinski definition) is 2. The van der Waals surface area contributed by atoms with Gasteiger partial charge >= 0.3 is 0 Å². The average molecular weight is 263 g/mol. The molecular formula is C15H21NOS. The molecule has 0 bridgehead atoms. The standard InChI is InChI=1S/C15H21NOS/c1-12(2)16-9-7-15(8-10-16)11-18(17)14-6-4-3-5-13(14)15/h3-6,12H,7-11H2,1-2H3. The molecule has 0 N–H and O–H groups in total. The van der Waals surface area contributed by atoms with E-state index in [1.165, 1.54) is 5.56 Å². The number of fused-ring (bicyclic) bond motifs is 2. The number of benzene rings is 1. The Morgan fingerprint density at radius 3 is 2.56 bits per heavy atom. The minimum atomic E-state index is -0.775. The molecule has 1 aromatic rings. The lowest BCUT2D eigenvalue weighted by Crippen LogP contribution is -2.45. The number of hydrogen-bond donors (Lipinski definition) is 0. The second-order valence-electron chi connectivity index (χ2n) is 5.90. The summed E-state index contributed by atoms with van der Waals surface area (Å²) in [5.74, 6) is 0.846. The molecule has 2 aliphatic heterocycles. The van der Waals surface area contributed by atoms with Crippen molar-refractivity contribution in [2.24, 2.45) is 0 Å². The van der Waals surface area contributed by atoms with E-state index in [-0.39, 0.29) is 5.41 Å². The van der Waals surface area contributed by atoms with Gasteiger partial charge in [0.2, 0.25) is 0 Å². The fraction of sp³-hybridized carbons (Fsp3) is 0.600. The highest BCUT2D eigenvalue weighted by Crippen LogP contribution is 2.44. The fourth-order valence-electron chi connectivity index (χ4n) is 3.39. The maximum atomic E-state index is 12.3. The van der Waals surface area contributed by atoms with Crippen LogP contribution in [0.5, 0.6) is 0 Å². The van der Waals surface area contributed by atoms with E-state index in [9.17, 15) is 4.21 Å². The second kappa shape index (κ2) is 4.46. The van der Waals surface area contributed by atoms with Crippen molar-refractivity contribution in [2.75, 3.05) is 18.8 Å². The lowest BCUT2D eigenvalue weighted by Gasteiger charge is -2.41. The van der Waals surface area contributed by atoms with Crippen LogP contribution < -0.4 is 0 Å². The largest absolute Gasteiger partial charge is 0.301 e. The lowest BCUT2D eigenvalue weighted by atomic mass is 9.74. The van der Waals surface area contributed by atoms with Gasteiger partial charge in [0, 0.05) is 22.1 Å². The quantitative estimate of drug-likeness (QED) is 0.776. The summed E-state index contributed by atoms with van der Waals surface area (Å²) >= 11 is 0. The maximum absolute atomic E-state index is 12.3. The summed E-state index contributed by atoms with van der Waals surface area (Å²) in [6, 6.07) is 8.99. The van der Waals surface area contributed by atoms with E-state index in [1.807, 2.05) is 6.07 Å². The molecule has 0 aromatic heterocycles. The van der Waals surface area contributed by atoms with E-state index in [0.717, 1.165) is 36.6 Å². The highest BCUT2D eigenvalue weighted by molar-refractivity contribution is 7.85. The first kappa shape index (κ1) is 12.4. The van der Waals surface area contributed by atoms with Crippen molar-refractivity contribution in [3.63, 3.8) is 0 Å². The Balaban J connectivity index is 1.89. The predicted octanol–water partition coefficient (Wildman–Crippen LogP) is 2.55. The molecule has 1 unspecified atom stereocenters. The van der Waals surface area contributed by atoms with Crippen LogP contribution in [-0.2, 0) is 16.2 Å². The van der Waals surface area contributed by atoms with Gasteiger partial charge in [-0.2, -0.15) is 0 Å². The summed E-state index contributed by atoms with van der Waals surface area (Å²) in [4.78, 5) is 3.63. The van der Waals surface area contributed by atoms with Gasteiger partial charge < -0.3 is 4.90 Å². The molecule has 0 saturated carbocycles. The van der Waals surface area contributed by atoms with Crippen molar-refractivity contribution in [1.29, 1.82) is 0 Å². The number of rotatable bonds is 1. The first-order chi connectivity index (χ1) is 8.62. The summed E-state index contributed by atoms with van der Waals surface area (Å²) in [6.07, 6.45) is 2.32. The van der Waals surface area contributed by atoms with Crippen LogP contribution in [0.2, 0.25) is 0 Å². The van der Waals surface area contributed by atoms with Gasteiger partial charge in [0.05, 0.1) is 10.8 Å². The summed E-state index contributed by atoms with van der Waals surface area (Å²) < 4.78 is 12.3. The minimum Gasteiger partial charge on any atom is -0.301 e. The Morgan fingerprint density at radius 1 is 1.22 bits per heavy atom. The third-order valence-corrected chi connectivity index (χ3v) is 6.26. The van der Waals surface area contributed by atoms with Gasteiger partial charge in [-0.05, 0) is 51.4 Å². The van der Waals surface area contributed by atoms with E-state index >= 15 is 0 Å². The molecule has 2 aliphatic rings. The van der Waals surface area contributed by atoms with Crippen LogP contribution in [0.15, 0.2) is 29.2 Å². The van der Waals surface area contributed by atoms with Crippen molar-refractivity contribution in [1.82, 2.24) is 4.90 Å². The van der Waals surface area contributed by atoms with Crippen LogP contribution in [0.25, 0.3) is 0 Å². The first-order valence-corrected chi connectivity index (χ1v) is 8.16. The molecule has 2 heterocycles. The lowest BCUT2D eigenvalue weighted by molar-refractivity contribution is 0.139. The maximum Gasteiger partial charge on any atom is 0.0541 e. The molecule has 18 heavy (non-hydrogen) atoms. The van der Waals surface area contributed by atoms with Crippen molar-refractivity contribution in [3.05, 3.63) is 29.8 Å². The topological polar surface area (TPSA) is 20.3 Å². The van der Waals surface area contributed by atoms with Crippen molar-refractivity contribution in [3.8, 4) is 0 Å². The zero-order valence-electron chi connectivity index (χ0n) is 11.2. The third kappa shape index (κ3) is 1.84. The van der Waals surface area contributed by atoms with Crippen molar-refractivity contribution < 1.29 is 4.21 Å². The van der Waals surface area contributed by atoms with Gasteiger partial charge in [-0.1, -0.05) is 18.2 Å². The molecule has 1 fully saturated rings. The summed E-state index contributed by atoms with van der Waals surface area (Å²) in [7, 11) is -0.775. The minimum absolute atomic E-state index is 0.201. The third-order valence-electron chi connectivity index (χ3n) is 4.60. The molecule has 1 saturated heterocycles. The molecule has 0 radical (unpaired) electrons. The Labute approximate surface area is 112 Å². The van der Waals surface area contributed by atoms with Crippen LogP contribution >= 0.6 is 0 Å². The van der Waals surface area contributed by atoms with E-state index in [0.29, 0.717) is 6.04 Å². The molecule has 1 aromatic carbocycles. The number of piperidine rings is 1. The van der Waals surface area contributed by atoms with Crippen LogP contribution in [0.1, 0.15) is 32.3 Å². The van der Waals surface area contributed by atoms with Gasteiger partial charge in [-0.15, -0.1) is 0 Å². The zero-order chi connectivity index (χ0) is 12.8. The molecule has 1 atom stereocenters. The molecular weight excluding hydrogens is 242 g/mol. The van der Waals surface area contributed by atoms with Crippen LogP contribution in [0.4, 0.5) is 0 Å². The van der Waals surface area contributed by atoms with Crippen LogP contribution in [-0.4, -0.2) is 34.0 Å². The normalized spacial score (nSPS) is 26.7. The van der Waals surface area contributed by atoms with Gasteiger partial charge in [0.25, 0.3) is 0 Å². The second-order valence-corrected chi connectivity index (χ2v) is 7.32. The Bertz CT molecular complexity index is 475. The van der Waals surface area contributed by atoms with Gasteiger partial charge in [-0.3, -0.25) is 4.21 Å². The highest BCUT2D eigenvalue weighted by Gasteiger charge is 2.44. The first-order valence-electron chi connectivity index (χ1n) is 6.84. The predicted molar refractivity (Wildman–Crippen MR) is 75.3 cm³/mol. The summed E-state index contributed by atoms with van der Waals surface area (Å²) in [6.45, 7) is 6.81. The zero-order valence-corrected chi connectivity index (χ0v) is 12.0. The summed E-state index contributed by atoms with van der Waals surface area (Å²) in [5.41, 5.74) is 1.57. The van der Waals surface area contributed by atoms with Gasteiger partial charge in [0.1, 0.15) is 0 Å². The smallest absolute Gasteiger partial charge is 0.0541 e. The Morgan fingerprint density at radius 2 is 1.89 bits per heavy atom. The molecule has 3 heteroatoms. The molecule has 98 valence electrons.